The molecule has 0 radical (unpaired) electrons. The van der Waals surface area contributed by atoms with Crippen LogP contribution in [0.4, 0.5) is 4.79 Å². The van der Waals surface area contributed by atoms with Gasteiger partial charge in [0.15, 0.2) is 0 Å². The summed E-state index contributed by atoms with van der Waals surface area (Å²) in [5.41, 5.74) is 1.51. The van der Waals surface area contributed by atoms with Crippen molar-refractivity contribution in [2.75, 3.05) is 20.2 Å². The second-order valence-electron chi connectivity index (χ2n) is 7.92. The molecule has 10 heteroatoms. The van der Waals surface area contributed by atoms with Gasteiger partial charge in [0.25, 0.3) is 0 Å². The second-order valence-corrected chi connectivity index (χ2v) is 8.36. The molecule has 9 nitrogen and oxygen atoms in total. The van der Waals surface area contributed by atoms with E-state index in [9.17, 15) is 19.2 Å². The Labute approximate surface area is 202 Å². The zero-order valence-electron chi connectivity index (χ0n) is 18.8. The molecule has 1 aliphatic rings. The summed E-state index contributed by atoms with van der Waals surface area (Å²) in [5, 5.41) is 15.0. The van der Waals surface area contributed by atoms with E-state index in [0.717, 1.165) is 4.90 Å². The van der Waals surface area contributed by atoms with Gasteiger partial charge in [-0.15, -0.1) is 0 Å². The standard InChI is InChI=1S/C24H26ClN3O6/c1-3-19(14-4-6-15(7-5-14)23(31)32)27-24(33)28-13-21(29)26-12-17(22(28)30)10-16-11-18(25)8-9-20(16)34-2/h4-9,11,17,19H,3,10,12-13H2,1-2H3,(H,26,29)(H,27,33)(H,31,32). The van der Waals surface area contributed by atoms with Crippen molar-refractivity contribution in [3.63, 3.8) is 0 Å². The number of aromatic carboxylic acids is 1. The lowest BCUT2D eigenvalue weighted by Crippen LogP contribution is -2.48. The number of imide groups is 1. The number of carbonyl (C=O) groups excluding carboxylic acids is 3. The lowest BCUT2D eigenvalue weighted by atomic mass is 9.97. The van der Waals surface area contributed by atoms with Crippen molar-refractivity contribution in [1.29, 1.82) is 0 Å². The summed E-state index contributed by atoms with van der Waals surface area (Å²) in [5.74, 6) is -2.12. The lowest BCUT2D eigenvalue weighted by Gasteiger charge is -2.25. The molecule has 1 heterocycles. The molecule has 0 aliphatic carbocycles. The minimum absolute atomic E-state index is 0.0744. The first-order valence-corrected chi connectivity index (χ1v) is 11.2. The highest BCUT2D eigenvalue weighted by molar-refractivity contribution is 6.30. The number of hydrogen-bond donors (Lipinski definition) is 3. The third-order valence-electron chi connectivity index (χ3n) is 5.68. The number of hydrogen-bond acceptors (Lipinski definition) is 5. The predicted molar refractivity (Wildman–Crippen MR) is 125 cm³/mol. The number of methoxy groups -OCH3 is 1. The lowest BCUT2D eigenvalue weighted by molar-refractivity contribution is -0.133. The maximum atomic E-state index is 13.3. The monoisotopic (exact) mass is 487 g/mol. The van der Waals surface area contributed by atoms with E-state index >= 15 is 0 Å². The molecule has 1 saturated heterocycles. The van der Waals surface area contributed by atoms with E-state index in [2.05, 4.69) is 10.6 Å². The van der Waals surface area contributed by atoms with E-state index in [4.69, 9.17) is 21.4 Å². The first kappa shape index (κ1) is 25.0. The van der Waals surface area contributed by atoms with Gasteiger partial charge in [-0.1, -0.05) is 30.7 Å². The zero-order chi connectivity index (χ0) is 24.8. The Hall–Kier alpha value is -3.59. The van der Waals surface area contributed by atoms with Crippen molar-refractivity contribution in [3.05, 3.63) is 64.2 Å². The van der Waals surface area contributed by atoms with Crippen molar-refractivity contribution in [3.8, 4) is 5.75 Å². The number of nitrogens with one attached hydrogen (secondary N) is 2. The van der Waals surface area contributed by atoms with Gasteiger partial charge in [-0.3, -0.25) is 14.5 Å². The molecule has 0 bridgehead atoms. The number of ether oxygens (including phenoxy) is 1. The van der Waals surface area contributed by atoms with Gasteiger partial charge in [0.05, 0.1) is 24.6 Å². The van der Waals surface area contributed by atoms with E-state index in [1.165, 1.54) is 19.2 Å². The van der Waals surface area contributed by atoms with E-state index in [1.807, 2.05) is 6.92 Å². The van der Waals surface area contributed by atoms with Crippen molar-refractivity contribution < 1.29 is 29.0 Å². The van der Waals surface area contributed by atoms with Crippen molar-refractivity contribution >= 4 is 35.4 Å². The first-order chi connectivity index (χ1) is 16.2. The molecule has 2 unspecified atom stereocenters. The number of nitrogens with zero attached hydrogens (tertiary/aromatic N) is 1. The number of benzene rings is 2. The molecule has 0 saturated carbocycles. The third kappa shape index (κ3) is 5.85. The number of amides is 4. The van der Waals surface area contributed by atoms with E-state index in [0.29, 0.717) is 28.3 Å². The number of halogens is 1. The van der Waals surface area contributed by atoms with Crippen LogP contribution >= 0.6 is 11.6 Å². The highest BCUT2D eigenvalue weighted by Gasteiger charge is 2.35. The SMILES string of the molecule is CCC(NC(=O)N1CC(=O)NCC(Cc2cc(Cl)ccc2OC)C1=O)c1ccc(C(=O)O)cc1. The van der Waals surface area contributed by atoms with Crippen LogP contribution in [0.25, 0.3) is 0 Å². The van der Waals surface area contributed by atoms with Gasteiger partial charge in [0.2, 0.25) is 11.8 Å². The number of urea groups is 1. The third-order valence-corrected chi connectivity index (χ3v) is 5.92. The van der Waals surface area contributed by atoms with Crippen molar-refractivity contribution in [1.82, 2.24) is 15.5 Å². The van der Waals surface area contributed by atoms with Crippen LogP contribution in [0.15, 0.2) is 42.5 Å². The fourth-order valence-electron chi connectivity index (χ4n) is 3.83. The van der Waals surface area contributed by atoms with Crippen LogP contribution in [-0.2, 0) is 16.0 Å². The Balaban J connectivity index is 1.79. The topological polar surface area (TPSA) is 125 Å². The fourth-order valence-corrected chi connectivity index (χ4v) is 4.03. The summed E-state index contributed by atoms with van der Waals surface area (Å²) in [6.07, 6.45) is 0.718. The average molecular weight is 488 g/mol. The number of rotatable bonds is 7. The molecular weight excluding hydrogens is 462 g/mol. The normalized spacial score (nSPS) is 16.9. The zero-order valence-corrected chi connectivity index (χ0v) is 19.6. The Kier molecular flexibility index (Phi) is 8.12. The Morgan fingerprint density at radius 1 is 1.24 bits per heavy atom. The fraction of sp³-hybridized carbons (Fsp3) is 0.333. The van der Waals surface area contributed by atoms with Crippen LogP contribution in [-0.4, -0.2) is 54.0 Å². The Morgan fingerprint density at radius 2 is 1.94 bits per heavy atom. The molecule has 0 aromatic heterocycles. The molecule has 34 heavy (non-hydrogen) atoms. The average Bonchev–Trinajstić information content (AvgIpc) is 2.96. The molecule has 1 aliphatic heterocycles. The highest BCUT2D eigenvalue weighted by Crippen LogP contribution is 2.26. The molecule has 2 aromatic rings. The molecule has 4 amide bonds. The molecule has 3 rings (SSSR count). The van der Waals surface area contributed by atoms with Crippen LogP contribution in [0.1, 0.15) is 40.9 Å². The van der Waals surface area contributed by atoms with Gasteiger partial charge < -0.3 is 20.5 Å². The van der Waals surface area contributed by atoms with Crippen LogP contribution in [0.5, 0.6) is 5.75 Å². The summed E-state index contributed by atoms with van der Waals surface area (Å²) in [4.78, 5) is 50.6. The maximum absolute atomic E-state index is 13.3. The molecule has 0 spiro atoms. The van der Waals surface area contributed by atoms with Crippen LogP contribution < -0.4 is 15.4 Å². The van der Waals surface area contributed by atoms with E-state index < -0.39 is 42.3 Å². The minimum atomic E-state index is -1.05. The number of carboxylic acid groups (broad SMARTS) is 1. The molecule has 2 aromatic carbocycles. The molecule has 3 N–H and O–H groups in total. The van der Waals surface area contributed by atoms with Gasteiger partial charge in [-0.25, -0.2) is 9.59 Å². The van der Waals surface area contributed by atoms with Crippen LogP contribution in [0.2, 0.25) is 5.02 Å². The van der Waals surface area contributed by atoms with Crippen molar-refractivity contribution in [2.24, 2.45) is 5.92 Å². The Morgan fingerprint density at radius 3 is 2.56 bits per heavy atom. The summed E-state index contributed by atoms with van der Waals surface area (Å²) in [6.45, 7) is 1.52. The van der Waals surface area contributed by atoms with Crippen LogP contribution in [0, 0.1) is 5.92 Å². The minimum Gasteiger partial charge on any atom is -0.496 e. The highest BCUT2D eigenvalue weighted by atomic mass is 35.5. The Bertz CT molecular complexity index is 1090. The summed E-state index contributed by atoms with van der Waals surface area (Å²) in [6, 6.07) is 10.0. The smallest absolute Gasteiger partial charge is 0.335 e. The van der Waals surface area contributed by atoms with Gasteiger partial charge in [-0.05, 0) is 54.3 Å². The first-order valence-electron chi connectivity index (χ1n) is 10.8. The summed E-state index contributed by atoms with van der Waals surface area (Å²) in [7, 11) is 1.51. The molecule has 180 valence electrons. The van der Waals surface area contributed by atoms with E-state index in [-0.39, 0.29) is 18.5 Å². The second kappa shape index (κ2) is 11.0. The largest absolute Gasteiger partial charge is 0.496 e. The van der Waals surface area contributed by atoms with Crippen molar-refractivity contribution in [2.45, 2.75) is 25.8 Å². The summed E-state index contributed by atoms with van der Waals surface area (Å²) < 4.78 is 5.36. The molecule has 2 atom stereocenters. The number of carbonyl (C=O) groups is 4. The number of carboxylic acids is 1. The van der Waals surface area contributed by atoms with E-state index in [1.54, 1.807) is 30.3 Å². The van der Waals surface area contributed by atoms with Gasteiger partial charge in [-0.2, -0.15) is 0 Å². The molecule has 1 fully saturated rings. The predicted octanol–water partition coefficient (Wildman–Crippen LogP) is 3.02. The van der Waals surface area contributed by atoms with Gasteiger partial charge in [0, 0.05) is 11.6 Å². The van der Waals surface area contributed by atoms with Crippen LogP contribution in [0.3, 0.4) is 0 Å². The van der Waals surface area contributed by atoms with Gasteiger partial charge in [0.1, 0.15) is 12.3 Å². The maximum Gasteiger partial charge on any atom is 0.335 e. The summed E-state index contributed by atoms with van der Waals surface area (Å²) >= 11 is 6.10. The quantitative estimate of drug-likeness (QED) is 0.551. The van der Waals surface area contributed by atoms with Gasteiger partial charge >= 0.3 is 12.0 Å². The molecular formula is C24H26ClN3O6.